The fraction of sp³-hybridized carbons (Fsp3) is 0.400. The average molecular weight is 297 g/mol. The van der Waals surface area contributed by atoms with Crippen molar-refractivity contribution in [3.63, 3.8) is 0 Å². The summed E-state index contributed by atoms with van der Waals surface area (Å²) < 4.78 is 4.27. The second kappa shape index (κ2) is 11.5. The van der Waals surface area contributed by atoms with Crippen molar-refractivity contribution in [1.29, 1.82) is 0 Å². The molecule has 1 aliphatic heterocycles. The first-order valence-electron chi connectivity index (χ1n) is 6.22. The largest absolute Gasteiger partial charge is 0.478 e. The van der Waals surface area contributed by atoms with Crippen LogP contribution in [-0.4, -0.2) is 41.5 Å². The van der Waals surface area contributed by atoms with Crippen molar-refractivity contribution in [3.8, 4) is 0 Å². The van der Waals surface area contributed by atoms with Crippen LogP contribution < -0.4 is 0 Å². The van der Waals surface area contributed by atoms with Gasteiger partial charge in [0.2, 0.25) is 5.91 Å². The quantitative estimate of drug-likeness (QED) is 0.637. The number of aliphatic carboxylic acids is 1. The molecule has 1 aliphatic rings. The number of hydrogen-bond donors (Lipinski definition) is 1. The average Bonchev–Trinajstić information content (AvgIpc) is 2.84. The lowest BCUT2D eigenvalue weighted by Gasteiger charge is -2.05. The van der Waals surface area contributed by atoms with Crippen LogP contribution in [0.2, 0.25) is 0 Å². The smallest absolute Gasteiger partial charge is 0.332 e. The Balaban J connectivity index is 0. The van der Waals surface area contributed by atoms with Gasteiger partial charge < -0.3 is 14.7 Å². The zero-order chi connectivity index (χ0) is 17.0. The molecule has 1 N–H and O–H groups in total. The SMILES string of the molecule is C=C(C)C(=O)O.C=C(C)C(=O)OC.C=CN1CCCC1=O. The maximum atomic E-state index is 10.7. The number of nitrogens with zero attached hydrogens (tertiary/aromatic N) is 1. The molecule has 1 amide bonds. The molecule has 0 aliphatic carbocycles. The van der Waals surface area contributed by atoms with E-state index < -0.39 is 5.97 Å². The van der Waals surface area contributed by atoms with Crippen LogP contribution in [-0.2, 0) is 19.1 Å². The Morgan fingerprint density at radius 2 is 1.76 bits per heavy atom. The minimum atomic E-state index is -0.935. The van der Waals surface area contributed by atoms with Crippen molar-refractivity contribution in [1.82, 2.24) is 4.90 Å². The van der Waals surface area contributed by atoms with Crippen LogP contribution in [0.4, 0.5) is 0 Å². The lowest BCUT2D eigenvalue weighted by Crippen LogP contribution is -2.16. The number of carbonyl (C=O) groups excluding carboxylic acids is 2. The zero-order valence-electron chi connectivity index (χ0n) is 12.8. The molecule has 0 radical (unpaired) electrons. The minimum Gasteiger partial charge on any atom is -0.478 e. The minimum absolute atomic E-state index is 0.176. The third-order valence-corrected chi connectivity index (χ3v) is 2.23. The number of rotatable bonds is 3. The Morgan fingerprint density at radius 3 is 1.86 bits per heavy atom. The summed E-state index contributed by atoms with van der Waals surface area (Å²) in [5.41, 5.74) is 0.609. The molecule has 0 unspecified atom stereocenters. The molecule has 1 heterocycles. The highest BCUT2D eigenvalue weighted by Crippen LogP contribution is 2.08. The molecule has 6 nitrogen and oxygen atoms in total. The van der Waals surface area contributed by atoms with Gasteiger partial charge in [-0.05, 0) is 26.5 Å². The van der Waals surface area contributed by atoms with Crippen molar-refractivity contribution in [3.05, 3.63) is 37.1 Å². The van der Waals surface area contributed by atoms with E-state index in [-0.39, 0.29) is 17.4 Å². The number of methoxy groups -OCH3 is 1. The summed E-state index contributed by atoms with van der Waals surface area (Å²) in [4.78, 5) is 32.1. The molecule has 0 saturated carbocycles. The predicted octanol–water partition coefficient (Wildman–Crippen LogP) is 2.13. The van der Waals surface area contributed by atoms with Crippen molar-refractivity contribution in [2.24, 2.45) is 0 Å². The Bertz CT molecular complexity index is 414. The van der Waals surface area contributed by atoms with E-state index in [0.717, 1.165) is 13.0 Å². The Hall–Kier alpha value is -2.37. The number of carbonyl (C=O) groups is 3. The van der Waals surface area contributed by atoms with E-state index in [4.69, 9.17) is 5.11 Å². The topological polar surface area (TPSA) is 83.9 Å². The van der Waals surface area contributed by atoms with Crippen LogP contribution in [0.15, 0.2) is 37.1 Å². The van der Waals surface area contributed by atoms with Gasteiger partial charge in [0.15, 0.2) is 0 Å². The molecular weight excluding hydrogens is 274 g/mol. The molecule has 1 fully saturated rings. The first kappa shape index (κ1) is 20.9. The van der Waals surface area contributed by atoms with E-state index in [1.807, 2.05) is 0 Å². The molecule has 0 aromatic rings. The highest BCUT2D eigenvalue weighted by Gasteiger charge is 2.15. The van der Waals surface area contributed by atoms with Gasteiger partial charge in [-0.3, -0.25) is 4.79 Å². The van der Waals surface area contributed by atoms with Gasteiger partial charge in [0.25, 0.3) is 0 Å². The number of hydrogen-bond acceptors (Lipinski definition) is 4. The molecule has 1 rings (SSSR count). The second-order valence-electron chi connectivity index (χ2n) is 4.23. The van der Waals surface area contributed by atoms with Crippen molar-refractivity contribution in [2.75, 3.05) is 13.7 Å². The number of esters is 1. The fourth-order valence-electron chi connectivity index (χ4n) is 1.04. The number of ether oxygens (including phenoxy) is 1. The highest BCUT2D eigenvalue weighted by atomic mass is 16.5. The first-order chi connectivity index (χ1) is 9.67. The standard InChI is InChI=1S/C6H9NO.C5H8O2.C4H6O2/c1-2-7-5-3-4-6(7)8;1-4(2)5(6)7-3;1-3(2)4(5)6/h2H,1,3-5H2;1H2,2-3H3;1H2,2H3,(H,5,6). The monoisotopic (exact) mass is 297 g/mol. The summed E-state index contributed by atoms with van der Waals surface area (Å²) in [6.07, 6.45) is 3.28. The zero-order valence-corrected chi connectivity index (χ0v) is 12.8. The lowest BCUT2D eigenvalue weighted by atomic mass is 10.4. The normalized spacial score (nSPS) is 12.1. The van der Waals surface area contributed by atoms with Gasteiger partial charge in [-0.1, -0.05) is 19.7 Å². The number of likely N-dealkylation sites (tertiary alicyclic amines) is 1. The molecule has 118 valence electrons. The van der Waals surface area contributed by atoms with Gasteiger partial charge in [0.1, 0.15) is 0 Å². The van der Waals surface area contributed by atoms with Gasteiger partial charge in [0, 0.05) is 24.1 Å². The molecule has 0 atom stereocenters. The molecule has 21 heavy (non-hydrogen) atoms. The molecule has 1 saturated heterocycles. The maximum Gasteiger partial charge on any atom is 0.332 e. The van der Waals surface area contributed by atoms with Gasteiger partial charge >= 0.3 is 11.9 Å². The van der Waals surface area contributed by atoms with Crippen LogP contribution in [0.1, 0.15) is 26.7 Å². The number of carboxylic acid groups (broad SMARTS) is 1. The fourth-order valence-corrected chi connectivity index (χ4v) is 1.04. The molecule has 0 spiro atoms. The number of carboxylic acids is 1. The van der Waals surface area contributed by atoms with Crippen LogP contribution in [0.5, 0.6) is 0 Å². The third-order valence-electron chi connectivity index (χ3n) is 2.23. The first-order valence-corrected chi connectivity index (χ1v) is 6.22. The van der Waals surface area contributed by atoms with Crippen molar-refractivity contribution < 1.29 is 24.2 Å². The number of amides is 1. The molecular formula is C15H23NO5. The molecule has 0 aromatic carbocycles. The Kier molecular flexibility index (Phi) is 11.4. The van der Waals surface area contributed by atoms with Crippen LogP contribution >= 0.6 is 0 Å². The van der Waals surface area contributed by atoms with Crippen molar-refractivity contribution >= 4 is 17.8 Å². The van der Waals surface area contributed by atoms with Gasteiger partial charge in [-0.15, -0.1) is 0 Å². The van der Waals surface area contributed by atoms with E-state index in [1.54, 1.807) is 18.0 Å². The summed E-state index contributed by atoms with van der Waals surface area (Å²) in [6, 6.07) is 0. The Morgan fingerprint density at radius 1 is 1.29 bits per heavy atom. The summed E-state index contributed by atoms with van der Waals surface area (Å²) >= 11 is 0. The maximum absolute atomic E-state index is 10.7. The van der Waals surface area contributed by atoms with Crippen LogP contribution in [0.3, 0.4) is 0 Å². The van der Waals surface area contributed by atoms with E-state index in [2.05, 4.69) is 24.5 Å². The van der Waals surface area contributed by atoms with Gasteiger partial charge in [0.05, 0.1) is 7.11 Å². The molecule has 0 bridgehead atoms. The summed E-state index contributed by atoms with van der Waals surface area (Å²) in [7, 11) is 1.33. The third kappa shape index (κ3) is 11.2. The summed E-state index contributed by atoms with van der Waals surface area (Å²) in [5.74, 6) is -1.07. The van der Waals surface area contributed by atoms with Gasteiger partial charge in [-0.2, -0.15) is 0 Å². The van der Waals surface area contributed by atoms with Crippen LogP contribution in [0, 0.1) is 0 Å². The van der Waals surface area contributed by atoms with E-state index >= 15 is 0 Å². The lowest BCUT2D eigenvalue weighted by molar-refractivity contribution is -0.136. The molecule has 6 heteroatoms. The van der Waals surface area contributed by atoms with E-state index in [9.17, 15) is 14.4 Å². The highest BCUT2D eigenvalue weighted by molar-refractivity contribution is 5.86. The van der Waals surface area contributed by atoms with Gasteiger partial charge in [-0.25, -0.2) is 9.59 Å². The predicted molar refractivity (Wildman–Crippen MR) is 80.4 cm³/mol. The molecule has 0 aromatic heterocycles. The summed E-state index contributed by atoms with van der Waals surface area (Å²) in [6.45, 7) is 13.9. The second-order valence-corrected chi connectivity index (χ2v) is 4.23. The summed E-state index contributed by atoms with van der Waals surface area (Å²) in [5, 5.41) is 7.89. The Labute approximate surface area is 125 Å². The van der Waals surface area contributed by atoms with E-state index in [0.29, 0.717) is 12.0 Å². The van der Waals surface area contributed by atoms with E-state index in [1.165, 1.54) is 14.0 Å². The van der Waals surface area contributed by atoms with Crippen molar-refractivity contribution in [2.45, 2.75) is 26.7 Å². The van der Waals surface area contributed by atoms with Crippen LogP contribution in [0.25, 0.3) is 0 Å².